The van der Waals surface area contributed by atoms with Crippen LogP contribution in [0.1, 0.15) is 44.9 Å². The second-order valence-electron chi connectivity index (χ2n) is 8.64. The number of nitrogens with one attached hydrogen (secondary N) is 1. The van der Waals surface area contributed by atoms with Crippen LogP contribution in [0.15, 0.2) is 0 Å². The van der Waals surface area contributed by atoms with Crippen LogP contribution in [-0.4, -0.2) is 92.0 Å². The fourth-order valence-electron chi connectivity index (χ4n) is 4.88. The highest BCUT2D eigenvalue weighted by atomic mass is 32.2. The lowest BCUT2D eigenvalue weighted by molar-refractivity contribution is -0.134. The zero-order valence-corrected chi connectivity index (χ0v) is 17.1. The second kappa shape index (κ2) is 8.55. The Morgan fingerprint density at radius 3 is 2.50 bits per heavy atom. The monoisotopic (exact) mass is 416 g/mol. The maximum absolute atomic E-state index is 12.4. The van der Waals surface area contributed by atoms with E-state index in [0.717, 1.165) is 0 Å². The number of nitrogens with zero attached hydrogens (tertiary/aromatic N) is 1. The number of carbonyl (C=O) groups is 1. The molecule has 0 bridgehead atoms. The van der Waals surface area contributed by atoms with Gasteiger partial charge in [-0.1, -0.05) is 19.3 Å². The van der Waals surface area contributed by atoms with Gasteiger partial charge in [0, 0.05) is 32.1 Å². The van der Waals surface area contributed by atoms with Crippen molar-refractivity contribution in [3.8, 4) is 0 Å². The van der Waals surface area contributed by atoms with Crippen LogP contribution >= 0.6 is 0 Å². The minimum atomic E-state index is -3.00. The molecule has 1 saturated carbocycles. The summed E-state index contributed by atoms with van der Waals surface area (Å²) in [6.45, 7) is 1.15. The lowest BCUT2D eigenvalue weighted by Gasteiger charge is -2.28. The number of ether oxygens (including phenoxy) is 2. The first-order chi connectivity index (χ1) is 13.4. The summed E-state index contributed by atoms with van der Waals surface area (Å²) >= 11 is 0. The number of fused-ring (bicyclic) bond motifs is 1. The van der Waals surface area contributed by atoms with Crippen LogP contribution in [0, 0.1) is 0 Å². The van der Waals surface area contributed by atoms with Crippen molar-refractivity contribution in [2.45, 2.75) is 81.5 Å². The number of aliphatic hydroxyl groups is 1. The van der Waals surface area contributed by atoms with Gasteiger partial charge in [-0.2, -0.15) is 0 Å². The van der Waals surface area contributed by atoms with Crippen molar-refractivity contribution >= 4 is 15.7 Å². The molecule has 5 atom stereocenters. The van der Waals surface area contributed by atoms with Gasteiger partial charge in [0.25, 0.3) is 0 Å². The van der Waals surface area contributed by atoms with Gasteiger partial charge in [-0.25, -0.2) is 8.42 Å². The van der Waals surface area contributed by atoms with Crippen LogP contribution in [0.3, 0.4) is 0 Å². The van der Waals surface area contributed by atoms with Crippen LogP contribution in [0.2, 0.25) is 0 Å². The minimum absolute atomic E-state index is 0.0347. The molecular formula is C19H32N2O6S. The van der Waals surface area contributed by atoms with Crippen molar-refractivity contribution in [1.82, 2.24) is 10.2 Å². The molecule has 1 aliphatic carbocycles. The Morgan fingerprint density at radius 2 is 1.82 bits per heavy atom. The van der Waals surface area contributed by atoms with E-state index >= 15 is 0 Å². The minimum Gasteiger partial charge on any atom is -0.388 e. The summed E-state index contributed by atoms with van der Waals surface area (Å²) < 4.78 is 35.0. The van der Waals surface area contributed by atoms with Gasteiger partial charge in [0.15, 0.2) is 9.84 Å². The van der Waals surface area contributed by atoms with E-state index in [1.165, 1.54) is 32.1 Å². The molecule has 160 valence electrons. The molecule has 9 heteroatoms. The number of hydrogen-bond donors (Lipinski definition) is 2. The van der Waals surface area contributed by atoms with E-state index in [4.69, 9.17) is 9.47 Å². The molecule has 3 saturated heterocycles. The van der Waals surface area contributed by atoms with Crippen LogP contribution < -0.4 is 5.32 Å². The summed E-state index contributed by atoms with van der Waals surface area (Å²) in [6.07, 6.45) is 5.26. The fraction of sp³-hybridized carbons (Fsp3) is 0.947. The van der Waals surface area contributed by atoms with Crippen LogP contribution in [0.5, 0.6) is 0 Å². The molecular weight excluding hydrogens is 384 g/mol. The molecule has 0 spiro atoms. The topological polar surface area (TPSA) is 105 Å². The SMILES string of the molecule is O=C(CC1CC2OC(CNC3CCCCC3)C(O)C2O1)N1CCS(=O)(=O)CC1. The average molecular weight is 417 g/mol. The highest BCUT2D eigenvalue weighted by molar-refractivity contribution is 7.91. The summed E-state index contributed by atoms with van der Waals surface area (Å²) in [4.78, 5) is 14.0. The second-order valence-corrected chi connectivity index (χ2v) is 10.9. The van der Waals surface area contributed by atoms with Crippen LogP contribution in [0.4, 0.5) is 0 Å². The standard InChI is InChI=1S/C19H32N2O6S/c22-17(21-6-8-28(24,25)9-7-21)11-14-10-15-19(26-14)18(23)16(27-15)12-20-13-4-2-1-3-5-13/h13-16,18-20,23H,1-12H2. The number of amides is 1. The predicted octanol–water partition coefficient (Wildman–Crippen LogP) is -0.158. The summed E-state index contributed by atoms with van der Waals surface area (Å²) in [6, 6.07) is 0.518. The van der Waals surface area contributed by atoms with Crippen molar-refractivity contribution in [3.05, 3.63) is 0 Å². The Kier molecular flexibility index (Phi) is 6.27. The lowest BCUT2D eigenvalue weighted by Crippen LogP contribution is -2.45. The van der Waals surface area contributed by atoms with E-state index in [2.05, 4.69) is 5.32 Å². The number of sulfone groups is 1. The average Bonchev–Trinajstić information content (AvgIpc) is 3.19. The van der Waals surface area contributed by atoms with Gasteiger partial charge in [0.1, 0.15) is 12.2 Å². The largest absolute Gasteiger partial charge is 0.388 e. The normalized spacial score (nSPS) is 38.5. The van der Waals surface area contributed by atoms with Gasteiger partial charge >= 0.3 is 0 Å². The first kappa shape index (κ1) is 20.5. The molecule has 4 fully saturated rings. The third-order valence-electron chi connectivity index (χ3n) is 6.59. The quantitative estimate of drug-likeness (QED) is 0.642. The molecule has 4 aliphatic rings. The van der Waals surface area contributed by atoms with Gasteiger partial charge < -0.3 is 24.8 Å². The zero-order chi connectivity index (χ0) is 19.7. The molecule has 0 radical (unpaired) electrons. The summed E-state index contributed by atoms with van der Waals surface area (Å²) in [5.74, 6) is -0.00935. The van der Waals surface area contributed by atoms with E-state index in [1.807, 2.05) is 0 Å². The van der Waals surface area contributed by atoms with Gasteiger partial charge in [-0.15, -0.1) is 0 Å². The van der Waals surface area contributed by atoms with Crippen molar-refractivity contribution < 1.29 is 27.8 Å². The molecule has 3 heterocycles. The first-order valence-electron chi connectivity index (χ1n) is 10.6. The van der Waals surface area contributed by atoms with E-state index in [0.29, 0.717) is 19.0 Å². The maximum atomic E-state index is 12.4. The molecule has 28 heavy (non-hydrogen) atoms. The van der Waals surface area contributed by atoms with Gasteiger partial charge in [0.2, 0.25) is 5.91 Å². The predicted molar refractivity (Wildman–Crippen MR) is 103 cm³/mol. The Morgan fingerprint density at radius 1 is 1.11 bits per heavy atom. The van der Waals surface area contributed by atoms with Crippen LogP contribution in [-0.2, 0) is 24.1 Å². The molecule has 8 nitrogen and oxygen atoms in total. The van der Waals surface area contributed by atoms with Crippen molar-refractivity contribution in [2.24, 2.45) is 0 Å². The summed E-state index contributed by atoms with van der Waals surface area (Å²) in [5, 5.41) is 14.1. The van der Waals surface area contributed by atoms with Crippen LogP contribution in [0.25, 0.3) is 0 Å². The molecule has 4 rings (SSSR count). The van der Waals surface area contributed by atoms with Crippen molar-refractivity contribution in [2.75, 3.05) is 31.1 Å². The smallest absolute Gasteiger partial charge is 0.225 e. The molecule has 5 unspecified atom stereocenters. The highest BCUT2D eigenvalue weighted by Crippen LogP contribution is 2.35. The zero-order valence-electron chi connectivity index (χ0n) is 16.3. The Bertz CT molecular complexity index is 651. The number of hydrogen-bond acceptors (Lipinski definition) is 7. The maximum Gasteiger partial charge on any atom is 0.225 e. The van der Waals surface area contributed by atoms with E-state index < -0.39 is 15.9 Å². The Balaban J connectivity index is 1.21. The van der Waals surface area contributed by atoms with E-state index in [9.17, 15) is 18.3 Å². The summed E-state index contributed by atoms with van der Waals surface area (Å²) in [5.41, 5.74) is 0. The summed E-state index contributed by atoms with van der Waals surface area (Å²) in [7, 11) is -3.00. The Labute approximate surface area is 166 Å². The van der Waals surface area contributed by atoms with Gasteiger partial charge in [-0.05, 0) is 12.8 Å². The first-order valence-corrected chi connectivity index (χ1v) is 12.4. The van der Waals surface area contributed by atoms with E-state index in [1.54, 1.807) is 4.90 Å². The molecule has 0 aromatic carbocycles. The lowest BCUT2D eigenvalue weighted by atomic mass is 9.95. The number of rotatable bonds is 5. The Hall–Kier alpha value is -0.740. The van der Waals surface area contributed by atoms with Crippen molar-refractivity contribution in [1.29, 1.82) is 0 Å². The highest BCUT2D eigenvalue weighted by Gasteiger charge is 2.50. The third-order valence-corrected chi connectivity index (χ3v) is 8.20. The number of carbonyl (C=O) groups excluding carboxylic acids is 1. The fourth-order valence-corrected chi connectivity index (χ4v) is 6.09. The van der Waals surface area contributed by atoms with E-state index in [-0.39, 0.29) is 61.3 Å². The van der Waals surface area contributed by atoms with Gasteiger partial charge in [-0.3, -0.25) is 4.79 Å². The molecule has 0 aromatic rings. The number of aliphatic hydroxyl groups excluding tert-OH is 1. The van der Waals surface area contributed by atoms with Crippen molar-refractivity contribution in [3.63, 3.8) is 0 Å². The van der Waals surface area contributed by atoms with Gasteiger partial charge in [0.05, 0.1) is 36.2 Å². The molecule has 2 N–H and O–H groups in total. The molecule has 1 amide bonds. The third kappa shape index (κ3) is 4.70. The molecule has 3 aliphatic heterocycles. The molecule has 0 aromatic heterocycles.